The fourth-order valence-electron chi connectivity index (χ4n) is 2.30. The number of rotatable bonds is 3. The van der Waals surface area contributed by atoms with Crippen LogP contribution in [-0.4, -0.2) is 14.5 Å². The molecule has 0 saturated carbocycles. The fraction of sp³-hybridized carbons (Fsp3) is 0.636. The monoisotopic (exact) mass is 223 g/mol. The molecule has 4 heteroatoms. The van der Waals surface area contributed by atoms with Crippen LogP contribution < -0.4 is 5.73 Å². The number of aromatic nitrogens is 2. The molecule has 1 heterocycles. The Kier molecular flexibility index (Phi) is 3.05. The zero-order valence-corrected chi connectivity index (χ0v) is 9.89. The van der Waals surface area contributed by atoms with Gasteiger partial charge in [-0.2, -0.15) is 0 Å². The van der Waals surface area contributed by atoms with Crippen molar-refractivity contribution >= 4 is 17.2 Å². The molecule has 0 saturated heterocycles. The molecule has 3 nitrogen and oxygen atoms in total. The van der Waals surface area contributed by atoms with Crippen LogP contribution in [0.1, 0.15) is 43.6 Å². The van der Waals surface area contributed by atoms with Crippen molar-refractivity contribution in [2.45, 2.75) is 45.1 Å². The SMILES string of the molecule is CCC(C(N)=S)n1cnc2c1CCCC2. The van der Waals surface area contributed by atoms with E-state index < -0.39 is 0 Å². The highest BCUT2D eigenvalue weighted by molar-refractivity contribution is 7.80. The zero-order chi connectivity index (χ0) is 10.8. The van der Waals surface area contributed by atoms with Gasteiger partial charge in [-0.05, 0) is 32.1 Å². The summed E-state index contributed by atoms with van der Waals surface area (Å²) < 4.78 is 2.18. The summed E-state index contributed by atoms with van der Waals surface area (Å²) in [6.07, 6.45) is 7.59. The molecule has 0 aliphatic heterocycles. The molecule has 1 atom stereocenters. The second-order valence-electron chi connectivity index (χ2n) is 4.08. The summed E-state index contributed by atoms with van der Waals surface area (Å²) in [4.78, 5) is 5.03. The number of aryl methyl sites for hydroxylation is 1. The lowest BCUT2D eigenvalue weighted by Crippen LogP contribution is -2.25. The minimum Gasteiger partial charge on any atom is -0.392 e. The van der Waals surface area contributed by atoms with Crippen molar-refractivity contribution in [3.05, 3.63) is 17.7 Å². The van der Waals surface area contributed by atoms with Gasteiger partial charge in [0, 0.05) is 5.69 Å². The predicted molar refractivity (Wildman–Crippen MR) is 65.0 cm³/mol. The molecule has 0 spiro atoms. The van der Waals surface area contributed by atoms with Crippen LogP contribution in [0.4, 0.5) is 0 Å². The van der Waals surface area contributed by atoms with Gasteiger partial charge in [-0.15, -0.1) is 0 Å². The Labute approximate surface area is 95.7 Å². The molecule has 0 fully saturated rings. The summed E-state index contributed by atoms with van der Waals surface area (Å²) in [6, 6.07) is 0.148. The van der Waals surface area contributed by atoms with Gasteiger partial charge >= 0.3 is 0 Å². The number of imidazole rings is 1. The maximum Gasteiger partial charge on any atom is 0.0960 e. The number of nitrogens with two attached hydrogens (primary N) is 1. The van der Waals surface area contributed by atoms with E-state index in [2.05, 4.69) is 16.5 Å². The molecular formula is C11H17N3S. The smallest absolute Gasteiger partial charge is 0.0960 e. The van der Waals surface area contributed by atoms with Gasteiger partial charge in [-0.3, -0.25) is 0 Å². The molecule has 15 heavy (non-hydrogen) atoms. The first-order valence-corrected chi connectivity index (χ1v) is 5.98. The van der Waals surface area contributed by atoms with E-state index in [-0.39, 0.29) is 6.04 Å². The van der Waals surface area contributed by atoms with E-state index >= 15 is 0 Å². The van der Waals surface area contributed by atoms with E-state index in [4.69, 9.17) is 18.0 Å². The van der Waals surface area contributed by atoms with Gasteiger partial charge in [0.25, 0.3) is 0 Å². The molecule has 1 aromatic rings. The third-order valence-electron chi connectivity index (χ3n) is 3.11. The van der Waals surface area contributed by atoms with E-state index in [0.29, 0.717) is 4.99 Å². The Morgan fingerprint density at radius 1 is 1.60 bits per heavy atom. The Morgan fingerprint density at radius 2 is 2.33 bits per heavy atom. The van der Waals surface area contributed by atoms with Crippen LogP contribution in [0.25, 0.3) is 0 Å². The standard InChI is InChI=1S/C11H17N3S/c1-2-9(11(12)15)14-7-13-8-5-3-4-6-10(8)14/h7,9H,2-6H2,1H3,(H2,12,15). The van der Waals surface area contributed by atoms with Crippen LogP contribution in [0, 0.1) is 0 Å². The second kappa shape index (κ2) is 4.31. The summed E-state index contributed by atoms with van der Waals surface area (Å²) in [5.74, 6) is 0. The van der Waals surface area contributed by atoms with E-state index in [9.17, 15) is 0 Å². The molecule has 1 unspecified atom stereocenters. The molecule has 1 aliphatic carbocycles. The number of thiocarbonyl (C=S) groups is 1. The van der Waals surface area contributed by atoms with Crippen molar-refractivity contribution in [1.82, 2.24) is 9.55 Å². The molecular weight excluding hydrogens is 206 g/mol. The van der Waals surface area contributed by atoms with Crippen LogP contribution in [0.15, 0.2) is 6.33 Å². The van der Waals surface area contributed by atoms with Gasteiger partial charge in [0.05, 0.1) is 23.1 Å². The van der Waals surface area contributed by atoms with Gasteiger partial charge in [0.15, 0.2) is 0 Å². The van der Waals surface area contributed by atoms with Gasteiger partial charge in [0.1, 0.15) is 0 Å². The van der Waals surface area contributed by atoms with Crippen molar-refractivity contribution in [2.75, 3.05) is 0 Å². The fourth-order valence-corrected chi connectivity index (χ4v) is 2.58. The molecule has 0 aromatic carbocycles. The van der Waals surface area contributed by atoms with Crippen molar-refractivity contribution in [3.63, 3.8) is 0 Å². The topological polar surface area (TPSA) is 43.8 Å². The molecule has 0 amide bonds. The van der Waals surface area contributed by atoms with Crippen molar-refractivity contribution in [3.8, 4) is 0 Å². The van der Waals surface area contributed by atoms with Gasteiger partial charge in [-0.25, -0.2) is 4.98 Å². The Hall–Kier alpha value is -0.900. The van der Waals surface area contributed by atoms with E-state index in [1.165, 1.54) is 24.2 Å². The van der Waals surface area contributed by atoms with Crippen molar-refractivity contribution in [2.24, 2.45) is 5.73 Å². The largest absolute Gasteiger partial charge is 0.392 e. The number of nitrogens with zero attached hydrogens (tertiary/aromatic N) is 2. The summed E-state index contributed by atoms with van der Waals surface area (Å²) in [5, 5.41) is 0. The number of fused-ring (bicyclic) bond motifs is 1. The van der Waals surface area contributed by atoms with E-state index in [0.717, 1.165) is 19.3 Å². The average molecular weight is 223 g/mol. The van der Waals surface area contributed by atoms with Crippen molar-refractivity contribution < 1.29 is 0 Å². The quantitative estimate of drug-likeness (QED) is 0.797. The molecule has 1 aliphatic rings. The maximum atomic E-state index is 5.75. The van der Waals surface area contributed by atoms with E-state index in [1.807, 2.05) is 6.33 Å². The lowest BCUT2D eigenvalue weighted by atomic mass is 10.0. The molecule has 0 radical (unpaired) electrons. The van der Waals surface area contributed by atoms with Gasteiger partial charge < -0.3 is 10.3 Å². The molecule has 2 rings (SSSR count). The van der Waals surface area contributed by atoms with Crippen molar-refractivity contribution in [1.29, 1.82) is 0 Å². The van der Waals surface area contributed by atoms with Gasteiger partial charge in [0.2, 0.25) is 0 Å². The summed E-state index contributed by atoms with van der Waals surface area (Å²) in [7, 11) is 0. The molecule has 82 valence electrons. The first-order valence-electron chi connectivity index (χ1n) is 5.58. The van der Waals surface area contributed by atoms with Crippen LogP contribution in [0.5, 0.6) is 0 Å². The lowest BCUT2D eigenvalue weighted by Gasteiger charge is -2.20. The Balaban J connectivity index is 2.35. The highest BCUT2D eigenvalue weighted by Crippen LogP contribution is 2.24. The third-order valence-corrected chi connectivity index (χ3v) is 3.38. The predicted octanol–water partition coefficient (Wildman–Crippen LogP) is 2.00. The molecule has 1 aromatic heterocycles. The van der Waals surface area contributed by atoms with Gasteiger partial charge in [-0.1, -0.05) is 19.1 Å². The summed E-state index contributed by atoms with van der Waals surface area (Å²) >= 11 is 5.10. The number of hydrogen-bond donors (Lipinski definition) is 1. The maximum absolute atomic E-state index is 5.75. The highest BCUT2D eigenvalue weighted by Gasteiger charge is 2.20. The minimum absolute atomic E-state index is 0.148. The summed E-state index contributed by atoms with van der Waals surface area (Å²) in [5.41, 5.74) is 8.35. The van der Waals surface area contributed by atoms with Crippen LogP contribution >= 0.6 is 12.2 Å². The van der Waals surface area contributed by atoms with Crippen LogP contribution in [-0.2, 0) is 12.8 Å². The lowest BCUT2D eigenvalue weighted by molar-refractivity contribution is 0.564. The second-order valence-corrected chi connectivity index (χ2v) is 4.55. The number of hydrogen-bond acceptors (Lipinski definition) is 2. The Morgan fingerprint density at radius 3 is 3.00 bits per heavy atom. The normalized spacial score (nSPS) is 17.1. The first-order chi connectivity index (χ1) is 7.24. The Bertz CT molecular complexity index is 370. The van der Waals surface area contributed by atoms with E-state index in [1.54, 1.807) is 0 Å². The highest BCUT2D eigenvalue weighted by atomic mass is 32.1. The molecule has 2 N–H and O–H groups in total. The first kappa shape index (κ1) is 10.6. The van der Waals surface area contributed by atoms with Crippen LogP contribution in [0.2, 0.25) is 0 Å². The molecule has 0 bridgehead atoms. The summed E-state index contributed by atoms with van der Waals surface area (Å²) in [6.45, 7) is 2.11. The minimum atomic E-state index is 0.148. The van der Waals surface area contributed by atoms with Crippen LogP contribution in [0.3, 0.4) is 0 Å². The zero-order valence-electron chi connectivity index (χ0n) is 9.07. The average Bonchev–Trinajstić information content (AvgIpc) is 2.63. The third kappa shape index (κ3) is 1.91.